The van der Waals surface area contributed by atoms with Crippen molar-refractivity contribution in [2.75, 3.05) is 13.1 Å². The summed E-state index contributed by atoms with van der Waals surface area (Å²) in [4.78, 5) is 18.2. The third kappa shape index (κ3) is 4.92. The van der Waals surface area contributed by atoms with Gasteiger partial charge in [0.2, 0.25) is 5.91 Å². The molecular weight excluding hydrogens is 400 g/mol. The molecule has 1 aliphatic rings. The number of benzene rings is 2. The van der Waals surface area contributed by atoms with Crippen LogP contribution < -0.4 is 10.1 Å². The van der Waals surface area contributed by atoms with Crippen molar-refractivity contribution in [1.82, 2.24) is 9.88 Å². The van der Waals surface area contributed by atoms with Crippen molar-refractivity contribution in [2.45, 2.75) is 18.9 Å². The molecule has 2 heterocycles. The van der Waals surface area contributed by atoms with Gasteiger partial charge in [-0.05, 0) is 55.3 Å². The van der Waals surface area contributed by atoms with Crippen LogP contribution in [0.3, 0.4) is 0 Å². The van der Waals surface area contributed by atoms with Crippen LogP contribution in [0.25, 0.3) is 0 Å². The van der Waals surface area contributed by atoms with E-state index in [-0.39, 0.29) is 11.9 Å². The molecule has 0 saturated carbocycles. The first-order valence-corrected chi connectivity index (χ1v) is 10.8. The van der Waals surface area contributed by atoms with Gasteiger partial charge < -0.3 is 15.0 Å². The molecule has 1 saturated heterocycles. The van der Waals surface area contributed by atoms with Crippen molar-refractivity contribution >= 4 is 17.3 Å². The summed E-state index contributed by atoms with van der Waals surface area (Å²) in [5.41, 5.74) is 2.91. The summed E-state index contributed by atoms with van der Waals surface area (Å²) in [7, 11) is 0. The maximum atomic E-state index is 12.1. The van der Waals surface area contributed by atoms with E-state index in [0.29, 0.717) is 5.71 Å². The predicted octanol–water partition coefficient (Wildman–Crippen LogP) is 3.66. The normalized spacial score (nSPS) is 15.4. The Bertz CT molecular complexity index is 1100. The van der Waals surface area contributed by atoms with Crippen molar-refractivity contribution in [3.05, 3.63) is 96.8 Å². The summed E-state index contributed by atoms with van der Waals surface area (Å²) in [6.07, 6.45) is 6.84. The number of amides is 1. The number of para-hydroxylation sites is 1. The first-order valence-electron chi connectivity index (χ1n) is 10.8. The monoisotopic (exact) mass is 427 g/mol. The summed E-state index contributed by atoms with van der Waals surface area (Å²) < 4.78 is 5.85. The molecule has 0 aliphatic carbocycles. The number of carbonyl (C=O) groups excluding carboxylic acids is 1. The number of quaternary nitrogens is 1. The molecule has 0 spiro atoms. The number of nitrogens with zero attached hydrogens (tertiary/aromatic N) is 2. The van der Waals surface area contributed by atoms with Crippen LogP contribution in [0.2, 0.25) is 0 Å². The molecule has 2 aromatic carbocycles. The van der Waals surface area contributed by atoms with Crippen molar-refractivity contribution < 1.29 is 14.8 Å². The maximum absolute atomic E-state index is 12.1. The fourth-order valence-electron chi connectivity index (χ4n) is 4.01. The van der Waals surface area contributed by atoms with E-state index >= 15 is 0 Å². The highest BCUT2D eigenvalue weighted by atomic mass is 16.5. The number of hydrogen-bond acceptors (Lipinski definition) is 4. The zero-order valence-electron chi connectivity index (χ0n) is 17.9. The topological polar surface area (TPSA) is 82.9 Å². The molecule has 6 heteroatoms. The molecule has 0 unspecified atom stereocenters. The fraction of sp³-hybridized carbons (Fsp3) is 0.192. The number of carbonyl (C=O) groups is 1. The van der Waals surface area contributed by atoms with Crippen molar-refractivity contribution in [3.8, 4) is 11.5 Å². The van der Waals surface area contributed by atoms with Gasteiger partial charge in [-0.25, -0.2) is 0 Å². The lowest BCUT2D eigenvalue weighted by atomic mass is 10.0. The minimum atomic E-state index is -0.0126. The molecule has 1 aromatic heterocycles. The number of hydrogen-bond donors (Lipinski definition) is 2. The summed E-state index contributed by atoms with van der Waals surface area (Å²) in [6.45, 7) is 5.13. The minimum Gasteiger partial charge on any atom is -0.457 e. The second-order valence-corrected chi connectivity index (χ2v) is 7.75. The number of nitrogens with one attached hydrogen (secondary N) is 1. The minimum absolute atomic E-state index is 0.0126. The molecular formula is C26H27N4O2+. The van der Waals surface area contributed by atoms with Gasteiger partial charge in [0, 0.05) is 30.6 Å². The molecule has 162 valence electrons. The fourth-order valence-corrected chi connectivity index (χ4v) is 4.01. The summed E-state index contributed by atoms with van der Waals surface area (Å²) in [5.74, 6) is 1.48. The Morgan fingerprint density at radius 1 is 1.16 bits per heavy atom. The smallest absolute Gasteiger partial charge is 0.246 e. The van der Waals surface area contributed by atoms with Crippen LogP contribution in [0.1, 0.15) is 24.0 Å². The lowest BCUT2D eigenvalue weighted by Gasteiger charge is -2.22. The van der Waals surface area contributed by atoms with Crippen molar-refractivity contribution in [3.63, 3.8) is 0 Å². The molecule has 1 atom stereocenters. The Balaban J connectivity index is 1.45. The van der Waals surface area contributed by atoms with E-state index in [4.69, 9.17) is 10.1 Å². The Hall–Kier alpha value is -3.77. The molecule has 4 rings (SSSR count). The van der Waals surface area contributed by atoms with Crippen LogP contribution in [-0.2, 0) is 4.79 Å². The van der Waals surface area contributed by atoms with E-state index in [1.807, 2.05) is 65.6 Å². The van der Waals surface area contributed by atoms with Crippen LogP contribution in [-0.4, -0.2) is 40.6 Å². The Labute approximate surface area is 188 Å². The highest BCUT2D eigenvalue weighted by Crippen LogP contribution is 2.23. The van der Waals surface area contributed by atoms with Crippen molar-refractivity contribution in [1.29, 1.82) is 5.41 Å². The highest BCUT2D eigenvalue weighted by Gasteiger charge is 2.29. The number of pyridine rings is 1. The zero-order chi connectivity index (χ0) is 22.3. The van der Waals surface area contributed by atoms with Crippen LogP contribution in [0.15, 0.2) is 85.7 Å². The van der Waals surface area contributed by atoms with Crippen molar-refractivity contribution in [2.24, 2.45) is 0 Å². The molecule has 1 amide bonds. The largest absolute Gasteiger partial charge is 0.457 e. The number of nitrogens with two attached hydrogens (primary N) is 1. The van der Waals surface area contributed by atoms with E-state index in [2.05, 4.69) is 16.9 Å². The van der Waals surface area contributed by atoms with Gasteiger partial charge in [-0.2, -0.15) is 0 Å². The lowest BCUT2D eigenvalue weighted by molar-refractivity contribution is -0.576. The van der Waals surface area contributed by atoms with Gasteiger partial charge in [0.05, 0.1) is 17.3 Å². The van der Waals surface area contributed by atoms with E-state index in [1.165, 1.54) is 6.08 Å². The predicted molar refractivity (Wildman–Crippen MR) is 125 cm³/mol. The average Bonchev–Trinajstić information content (AvgIpc) is 3.32. The third-order valence-electron chi connectivity index (χ3n) is 5.69. The number of ether oxygens (including phenoxy) is 1. The number of likely N-dealkylation sites (tertiary alicyclic amines) is 1. The summed E-state index contributed by atoms with van der Waals surface area (Å²) >= 11 is 0. The Morgan fingerprint density at radius 3 is 2.66 bits per heavy atom. The van der Waals surface area contributed by atoms with Gasteiger partial charge in [-0.3, -0.25) is 15.2 Å². The second kappa shape index (κ2) is 10.0. The molecule has 3 N–H and O–H groups in total. The highest BCUT2D eigenvalue weighted by molar-refractivity contribution is 6.13. The first-order chi connectivity index (χ1) is 15.7. The van der Waals surface area contributed by atoms with E-state index in [0.717, 1.165) is 54.2 Å². The first kappa shape index (κ1) is 21.5. The van der Waals surface area contributed by atoms with E-state index < -0.39 is 0 Å². The van der Waals surface area contributed by atoms with E-state index in [9.17, 15) is 4.79 Å². The second-order valence-electron chi connectivity index (χ2n) is 7.75. The lowest BCUT2D eigenvalue weighted by Crippen LogP contribution is -2.82. The molecule has 0 radical (unpaired) electrons. The Kier molecular flexibility index (Phi) is 6.72. The number of aromatic nitrogens is 1. The van der Waals surface area contributed by atoms with Gasteiger partial charge in [-0.15, -0.1) is 0 Å². The molecule has 32 heavy (non-hydrogen) atoms. The van der Waals surface area contributed by atoms with Crippen LogP contribution in [0.5, 0.6) is 11.5 Å². The average molecular weight is 428 g/mol. The van der Waals surface area contributed by atoms with Gasteiger partial charge in [-0.1, -0.05) is 24.8 Å². The molecule has 6 nitrogen and oxygen atoms in total. The molecule has 0 bridgehead atoms. The van der Waals surface area contributed by atoms with Gasteiger partial charge in [0.15, 0.2) is 0 Å². The third-order valence-corrected chi connectivity index (χ3v) is 5.69. The van der Waals surface area contributed by atoms with E-state index in [1.54, 1.807) is 12.4 Å². The maximum Gasteiger partial charge on any atom is 0.246 e. The van der Waals surface area contributed by atoms with Crippen LogP contribution >= 0.6 is 0 Å². The molecule has 3 aromatic rings. The summed E-state index contributed by atoms with van der Waals surface area (Å²) in [5, 5.41) is 10.9. The number of rotatable bonds is 8. The molecule has 1 fully saturated rings. The van der Waals surface area contributed by atoms with Crippen LogP contribution in [0.4, 0.5) is 5.69 Å². The standard InChI is InChI=1S/C26H26N4O2/c1-2-25(31)30-16-6-7-20(30)17-29-24-14-15-28-18-23(24)26(27)19-10-12-22(13-11-19)32-21-8-4-3-5-9-21/h2-5,8-15,18,20,27H,1,6-7,16-17H2,(H,28,29)/p+1/t20-/m1/s1. The SMILES string of the molecule is C=CC(=O)N1CCC[C@@H]1C[NH2+]c1ccncc1C(=N)c1ccc(Oc2ccccc2)cc1. The van der Waals surface area contributed by atoms with Crippen LogP contribution in [0, 0.1) is 5.41 Å². The quantitative estimate of drug-likeness (QED) is 0.425. The zero-order valence-corrected chi connectivity index (χ0v) is 17.9. The van der Waals surface area contributed by atoms with Gasteiger partial charge in [0.25, 0.3) is 0 Å². The van der Waals surface area contributed by atoms with Gasteiger partial charge >= 0.3 is 0 Å². The summed E-state index contributed by atoms with van der Waals surface area (Å²) in [6, 6.07) is 19.2. The Morgan fingerprint density at radius 2 is 1.91 bits per heavy atom. The van der Waals surface area contributed by atoms with Gasteiger partial charge in [0.1, 0.15) is 23.7 Å². The molecule has 1 aliphatic heterocycles.